The molecule has 1 saturated carbocycles. The molecule has 196 valence electrons. The predicted octanol–water partition coefficient (Wildman–Crippen LogP) is 4.36. The highest BCUT2D eigenvalue weighted by Crippen LogP contribution is 2.31. The maximum atomic E-state index is 12.7. The summed E-state index contributed by atoms with van der Waals surface area (Å²) in [6.45, 7) is 6.75. The van der Waals surface area contributed by atoms with Crippen LogP contribution in [-0.4, -0.2) is 46.6 Å². The summed E-state index contributed by atoms with van der Waals surface area (Å²) in [7, 11) is 0. The molecule has 2 N–H and O–H groups in total. The molecule has 7 nitrogen and oxygen atoms in total. The van der Waals surface area contributed by atoms with Gasteiger partial charge in [0, 0.05) is 31.7 Å². The summed E-state index contributed by atoms with van der Waals surface area (Å²) < 4.78 is 11.4. The summed E-state index contributed by atoms with van der Waals surface area (Å²) in [4.78, 5) is 19.0. The zero-order valence-corrected chi connectivity index (χ0v) is 21.8. The average molecular weight is 504 g/mol. The Morgan fingerprint density at radius 2 is 2.14 bits per heavy atom. The molecule has 0 radical (unpaired) electrons. The molecular weight excluding hydrogens is 466 g/mol. The first-order valence-electron chi connectivity index (χ1n) is 13.4. The molecule has 3 aromatic rings. The molecule has 1 aliphatic carbocycles. The van der Waals surface area contributed by atoms with Crippen molar-refractivity contribution in [2.45, 2.75) is 65.2 Å². The van der Waals surface area contributed by atoms with Gasteiger partial charge in [-0.3, -0.25) is 9.69 Å². The number of aryl methyl sites for hydroxylation is 1. The Balaban J connectivity index is 1.10. The van der Waals surface area contributed by atoms with Gasteiger partial charge in [-0.1, -0.05) is 37.5 Å². The Hall–Kier alpha value is -3.16. The zero-order valence-electron chi connectivity index (χ0n) is 21.8. The van der Waals surface area contributed by atoms with Crippen molar-refractivity contribution < 1.29 is 19.1 Å². The van der Waals surface area contributed by atoms with Crippen molar-refractivity contribution in [1.29, 1.82) is 0 Å². The van der Waals surface area contributed by atoms with Crippen LogP contribution in [0.15, 0.2) is 47.2 Å². The van der Waals surface area contributed by atoms with E-state index in [9.17, 15) is 9.90 Å². The minimum Gasteiger partial charge on any atom is -0.485 e. The van der Waals surface area contributed by atoms with Crippen molar-refractivity contribution in [3.8, 4) is 5.75 Å². The van der Waals surface area contributed by atoms with E-state index < -0.39 is 6.10 Å². The number of carbonyl (C=O) groups is 1. The Bertz CT molecular complexity index is 1230. The number of nitrogens with zero attached hydrogens (tertiary/aromatic N) is 2. The molecule has 2 heterocycles. The number of hydrogen-bond acceptors (Lipinski definition) is 6. The molecule has 7 heteroatoms. The number of β-amino-alcohol motifs (C(OH)–C–C–N with tert-alkyl or cyclic N) is 1. The number of oxazole rings is 1. The van der Waals surface area contributed by atoms with E-state index in [1.807, 2.05) is 31.2 Å². The fourth-order valence-electron chi connectivity index (χ4n) is 5.34. The molecule has 2 aliphatic rings. The largest absolute Gasteiger partial charge is 0.485 e. The van der Waals surface area contributed by atoms with Gasteiger partial charge in [-0.25, -0.2) is 4.98 Å². The first-order chi connectivity index (χ1) is 18.0. The summed E-state index contributed by atoms with van der Waals surface area (Å²) in [5.41, 5.74) is 6.46. The van der Waals surface area contributed by atoms with E-state index in [4.69, 9.17) is 9.15 Å². The van der Waals surface area contributed by atoms with Crippen LogP contribution >= 0.6 is 0 Å². The highest BCUT2D eigenvalue weighted by Gasteiger charge is 2.22. The highest BCUT2D eigenvalue weighted by molar-refractivity contribution is 5.94. The quantitative estimate of drug-likeness (QED) is 0.427. The lowest BCUT2D eigenvalue weighted by Gasteiger charge is -2.31. The van der Waals surface area contributed by atoms with E-state index in [0.29, 0.717) is 18.7 Å². The number of hydrogen-bond donors (Lipinski definition) is 2. The standard InChI is InChI=1S/C30H37N3O4/c1-20-27-11-12-33(16-25(27)9-10-28(20)36-18-29-21(2)32-19-37-29)17-26(34)15-31-30(35)24-8-4-7-23(14-24)13-22-5-3-6-22/h4,7-10,14,19,22,26,34H,3,5-6,11-13,15-18H2,1-2H3,(H,31,35)/t26-/m0/s1. The lowest BCUT2D eigenvalue weighted by molar-refractivity contribution is 0.0841. The highest BCUT2D eigenvalue weighted by atomic mass is 16.5. The van der Waals surface area contributed by atoms with E-state index in [0.717, 1.165) is 54.6 Å². The van der Waals surface area contributed by atoms with Crippen LogP contribution in [0.4, 0.5) is 0 Å². The molecule has 1 atom stereocenters. The molecule has 5 rings (SSSR count). The second-order valence-corrected chi connectivity index (χ2v) is 10.5. The van der Waals surface area contributed by atoms with E-state index in [2.05, 4.69) is 34.3 Å². The van der Waals surface area contributed by atoms with Gasteiger partial charge in [0.1, 0.15) is 12.4 Å². The third-order valence-electron chi connectivity index (χ3n) is 7.83. The molecule has 2 aromatic carbocycles. The summed E-state index contributed by atoms with van der Waals surface area (Å²) in [5.74, 6) is 2.25. The second-order valence-electron chi connectivity index (χ2n) is 10.5. The molecule has 0 unspecified atom stereocenters. The van der Waals surface area contributed by atoms with Gasteiger partial charge >= 0.3 is 0 Å². The Labute approximate surface area is 218 Å². The van der Waals surface area contributed by atoms with Crippen LogP contribution in [0.5, 0.6) is 5.75 Å². The number of carbonyl (C=O) groups excluding carboxylic acids is 1. The van der Waals surface area contributed by atoms with E-state index in [1.54, 1.807) is 0 Å². The molecule has 0 spiro atoms. The number of aromatic nitrogens is 1. The Kier molecular flexibility index (Phi) is 7.91. The third kappa shape index (κ3) is 6.22. The zero-order chi connectivity index (χ0) is 25.8. The maximum Gasteiger partial charge on any atom is 0.251 e. The minimum absolute atomic E-state index is 0.123. The molecule has 1 fully saturated rings. The number of rotatable bonds is 10. The molecule has 1 amide bonds. The third-order valence-corrected chi connectivity index (χ3v) is 7.83. The fourth-order valence-corrected chi connectivity index (χ4v) is 5.34. The number of amides is 1. The van der Waals surface area contributed by atoms with E-state index in [-0.39, 0.29) is 12.5 Å². The van der Waals surface area contributed by atoms with Crippen molar-refractivity contribution in [2.75, 3.05) is 19.6 Å². The van der Waals surface area contributed by atoms with Crippen molar-refractivity contribution in [3.63, 3.8) is 0 Å². The maximum absolute atomic E-state index is 12.7. The summed E-state index contributed by atoms with van der Waals surface area (Å²) in [5, 5.41) is 13.6. The average Bonchev–Trinajstić information content (AvgIpc) is 3.29. The first kappa shape index (κ1) is 25.5. The van der Waals surface area contributed by atoms with Crippen molar-refractivity contribution >= 4 is 5.91 Å². The molecule has 0 bridgehead atoms. The number of nitrogens with one attached hydrogen (secondary N) is 1. The van der Waals surface area contributed by atoms with Gasteiger partial charge in [-0.2, -0.15) is 0 Å². The number of ether oxygens (including phenoxy) is 1. The number of fused-ring (bicyclic) bond motifs is 1. The lowest BCUT2D eigenvalue weighted by Crippen LogP contribution is -2.42. The molecule has 1 aromatic heterocycles. The fraction of sp³-hybridized carbons (Fsp3) is 0.467. The Morgan fingerprint density at radius 3 is 2.89 bits per heavy atom. The second kappa shape index (κ2) is 11.5. The SMILES string of the molecule is Cc1ncoc1COc1ccc2c(c1C)CCN(C[C@@H](O)CNC(=O)c1cccc(CC3CCC3)c1)C2. The molecule has 0 saturated heterocycles. The van der Waals surface area contributed by atoms with Crippen molar-refractivity contribution in [2.24, 2.45) is 5.92 Å². The molecular formula is C30H37N3O4. The Morgan fingerprint density at radius 1 is 1.27 bits per heavy atom. The monoisotopic (exact) mass is 503 g/mol. The molecule has 1 aliphatic heterocycles. The van der Waals surface area contributed by atoms with Gasteiger partial charge < -0.3 is 19.6 Å². The van der Waals surface area contributed by atoms with E-state index >= 15 is 0 Å². The minimum atomic E-state index is -0.627. The van der Waals surface area contributed by atoms with Crippen LogP contribution in [0.1, 0.15) is 63.3 Å². The van der Waals surface area contributed by atoms with E-state index in [1.165, 1.54) is 42.3 Å². The van der Waals surface area contributed by atoms with Crippen LogP contribution < -0.4 is 10.1 Å². The van der Waals surface area contributed by atoms with Gasteiger partial charge in [-0.05, 0) is 73.1 Å². The number of aliphatic hydroxyl groups is 1. The van der Waals surface area contributed by atoms with Gasteiger partial charge in [0.05, 0.1) is 11.8 Å². The summed E-state index contributed by atoms with van der Waals surface area (Å²) >= 11 is 0. The summed E-state index contributed by atoms with van der Waals surface area (Å²) in [6, 6.07) is 12.0. The molecule has 37 heavy (non-hydrogen) atoms. The smallest absolute Gasteiger partial charge is 0.251 e. The van der Waals surface area contributed by atoms with Crippen LogP contribution in [-0.2, 0) is 26.0 Å². The van der Waals surface area contributed by atoms with Crippen LogP contribution in [0.2, 0.25) is 0 Å². The number of aliphatic hydroxyl groups excluding tert-OH is 1. The van der Waals surface area contributed by atoms with Gasteiger partial charge in [0.25, 0.3) is 5.91 Å². The van der Waals surface area contributed by atoms with Crippen molar-refractivity contribution in [3.05, 3.63) is 82.1 Å². The normalized spacial score (nSPS) is 16.6. The van der Waals surface area contributed by atoms with Crippen molar-refractivity contribution in [1.82, 2.24) is 15.2 Å². The first-order valence-corrected chi connectivity index (χ1v) is 13.4. The number of benzene rings is 2. The predicted molar refractivity (Wildman–Crippen MR) is 142 cm³/mol. The topological polar surface area (TPSA) is 87.8 Å². The van der Waals surface area contributed by atoms with Crippen LogP contribution in [0.25, 0.3) is 0 Å². The summed E-state index contributed by atoms with van der Waals surface area (Å²) in [6.07, 6.45) is 6.67. The van der Waals surface area contributed by atoms with Crippen LogP contribution in [0.3, 0.4) is 0 Å². The van der Waals surface area contributed by atoms with Gasteiger partial charge in [-0.15, -0.1) is 0 Å². The van der Waals surface area contributed by atoms with Crippen LogP contribution in [0, 0.1) is 19.8 Å². The van der Waals surface area contributed by atoms with Gasteiger partial charge in [0.2, 0.25) is 0 Å². The lowest BCUT2D eigenvalue weighted by atomic mass is 9.81. The van der Waals surface area contributed by atoms with Gasteiger partial charge in [0.15, 0.2) is 12.2 Å².